The van der Waals surface area contributed by atoms with Gasteiger partial charge in [-0.3, -0.25) is 34.1 Å². The minimum Gasteiger partial charge on any atom is -0.508 e. The summed E-state index contributed by atoms with van der Waals surface area (Å²) < 4.78 is 0. The number of carboxylic acids is 1. The Bertz CT molecular complexity index is 4300. The second kappa shape index (κ2) is 28.5. The molecule has 1 aliphatic rings. The van der Waals surface area contributed by atoms with Crippen molar-refractivity contribution in [2.45, 2.75) is 69.3 Å². The van der Waals surface area contributed by atoms with Crippen LogP contribution in [0.2, 0.25) is 0 Å². The lowest BCUT2D eigenvalue weighted by atomic mass is 9.95. The number of aliphatic carboxylic acids is 1. The molecule has 7 aromatic heterocycles. The minimum absolute atomic E-state index is 0.0492. The van der Waals surface area contributed by atoms with E-state index in [2.05, 4.69) is 54.7 Å². The molecule has 9 aromatic rings. The lowest BCUT2D eigenvalue weighted by Crippen LogP contribution is -2.50. The molecule has 92 heavy (non-hydrogen) atoms. The first-order valence-corrected chi connectivity index (χ1v) is 32.7. The number of carbonyl (C=O) groups excluding carboxylic acids is 6. The second-order valence-electron chi connectivity index (χ2n) is 20.6. The van der Waals surface area contributed by atoms with Gasteiger partial charge in [-0.05, 0) is 42.3 Å². The number of amides is 6. The van der Waals surface area contributed by atoms with Crippen LogP contribution in [0.15, 0.2) is 118 Å². The molecular weight excluding hydrogens is 1310 g/mol. The summed E-state index contributed by atoms with van der Waals surface area (Å²) in [6.45, 7) is 9.28. The predicted molar refractivity (Wildman–Crippen MR) is 342 cm³/mol. The lowest BCUT2D eigenvalue weighted by Gasteiger charge is -2.28. The fraction of sp³-hybridized carbons (Fsp3) is 0.220. The van der Waals surface area contributed by atoms with E-state index in [9.17, 15) is 59.1 Å². The summed E-state index contributed by atoms with van der Waals surface area (Å²) in [5, 5.41) is 89.6. The number of thiazole rings is 6. The lowest BCUT2D eigenvalue weighted by molar-refractivity contribution is -0.134. The number of aromatic nitrogens is 7. The number of aromatic hydroxyl groups is 1. The molecule has 14 N–H and O–H groups in total. The molecule has 0 aliphatic carbocycles. The summed E-state index contributed by atoms with van der Waals surface area (Å²) >= 11 is 6.44. The average Bonchev–Trinajstić information content (AvgIpc) is 1.61. The molecule has 8 unspecified atom stereocenters. The summed E-state index contributed by atoms with van der Waals surface area (Å²) in [6.07, 6.45) is -4.91. The maximum Gasteiger partial charge on any atom is 0.351 e. The minimum atomic E-state index is -1.57. The van der Waals surface area contributed by atoms with Gasteiger partial charge in [0.25, 0.3) is 23.6 Å². The first-order valence-electron chi connectivity index (χ1n) is 27.5. The maximum absolute atomic E-state index is 14.8. The number of aliphatic hydroxyl groups is 4. The smallest absolute Gasteiger partial charge is 0.351 e. The van der Waals surface area contributed by atoms with Crippen molar-refractivity contribution in [2.24, 2.45) is 11.7 Å². The molecule has 8 atom stereocenters. The van der Waals surface area contributed by atoms with Crippen LogP contribution in [0, 0.1) is 12.8 Å². The SMILES string of the molecule is C=C(NC(=O)C(=C)NC(=O)c1csc(-c2ccc3c(n2)-c2csc(n2)-c2csc(n2)C(C(C)C(O)CO)NC(=O)C(Cc2ccc(O)cc2)NC(=O)c2csc(n2)C(C(O)c2ccccc2)NC(=O)c2nc(sc2C)C(CC(N)=O)NC(O)c2csc-3n2)n1)C(=O)O. The highest BCUT2D eigenvalue weighted by Crippen LogP contribution is 2.40. The van der Waals surface area contributed by atoms with E-state index in [0.717, 1.165) is 56.7 Å². The summed E-state index contributed by atoms with van der Waals surface area (Å²) in [5.74, 6) is -7.42. The summed E-state index contributed by atoms with van der Waals surface area (Å²) in [5.41, 5.74) is 6.75. The zero-order valence-corrected chi connectivity index (χ0v) is 53.0. The van der Waals surface area contributed by atoms with Crippen molar-refractivity contribution < 1.29 is 64.2 Å². The van der Waals surface area contributed by atoms with Crippen LogP contribution in [0.1, 0.15) is 112 Å². The van der Waals surface area contributed by atoms with Gasteiger partial charge in [0.1, 0.15) is 100 Å². The van der Waals surface area contributed by atoms with Crippen LogP contribution in [0.4, 0.5) is 0 Å². The molecule has 0 spiro atoms. The number of phenols is 1. The molecule has 0 radical (unpaired) electrons. The van der Waals surface area contributed by atoms with E-state index in [-0.39, 0.29) is 66.4 Å². The molecule has 0 saturated carbocycles. The number of aliphatic hydroxyl groups excluding tert-OH is 4. The van der Waals surface area contributed by atoms with Crippen molar-refractivity contribution >= 4 is 109 Å². The number of hydrogen-bond acceptors (Lipinski definition) is 26. The number of primary amides is 1. The van der Waals surface area contributed by atoms with E-state index in [1.54, 1.807) is 84.6 Å². The molecule has 0 saturated heterocycles. The fourth-order valence-electron chi connectivity index (χ4n) is 9.23. The van der Waals surface area contributed by atoms with Crippen LogP contribution < -0.4 is 37.6 Å². The number of aryl methyl sites for hydroxylation is 1. The largest absolute Gasteiger partial charge is 0.508 e. The molecule has 8 heterocycles. The van der Waals surface area contributed by atoms with E-state index in [1.165, 1.54) is 34.2 Å². The van der Waals surface area contributed by atoms with Gasteiger partial charge in [0.15, 0.2) is 0 Å². The molecule has 10 bridgehead atoms. The number of carbonyl (C=O) groups is 7. The summed E-state index contributed by atoms with van der Waals surface area (Å²) in [4.78, 5) is 127. The fourth-order valence-corrected chi connectivity index (χ4v) is 14.5. The molecule has 10 rings (SSSR count). The summed E-state index contributed by atoms with van der Waals surface area (Å²) in [6, 6.07) is 12.8. The molecule has 33 heteroatoms. The number of nitrogens with two attached hydrogens (primary N) is 1. The van der Waals surface area contributed by atoms with Crippen molar-refractivity contribution in [3.63, 3.8) is 0 Å². The van der Waals surface area contributed by atoms with Gasteiger partial charge in [0.05, 0.1) is 41.9 Å². The van der Waals surface area contributed by atoms with Gasteiger partial charge in [0, 0.05) is 56.1 Å². The number of hydrogen-bond donors (Lipinski definition) is 13. The van der Waals surface area contributed by atoms with E-state index in [4.69, 9.17) is 30.8 Å². The maximum atomic E-state index is 14.8. The van der Waals surface area contributed by atoms with Crippen molar-refractivity contribution in [3.8, 4) is 49.1 Å². The normalized spacial score (nSPS) is 18.0. The monoisotopic (exact) mass is 1360 g/mol. The highest BCUT2D eigenvalue weighted by molar-refractivity contribution is 7.15. The first-order chi connectivity index (χ1) is 44.0. The van der Waals surface area contributed by atoms with E-state index < -0.39 is 114 Å². The van der Waals surface area contributed by atoms with Gasteiger partial charge < -0.3 is 63.0 Å². The molecule has 2 aromatic carbocycles. The summed E-state index contributed by atoms with van der Waals surface area (Å²) in [7, 11) is 0. The Hall–Kier alpha value is -9.26. The third-order valence-corrected chi connectivity index (χ3v) is 19.7. The van der Waals surface area contributed by atoms with E-state index in [0.29, 0.717) is 43.0 Å². The average molecular weight is 1360 g/mol. The van der Waals surface area contributed by atoms with Crippen LogP contribution in [-0.2, 0) is 25.6 Å². The standard InChI is InChI=1S/C59H54N14O13S6/c1-24(40(76)18-74)42-57-70-39(23-91-57)55-66-35(19-88-55)44-31(14-15-32(63-44)54-68-36(21-89-54)49(81)61-25(2)47(79)62-26(3)59(85)86)53-67-37(20-87-53)51(83)65-34(17-41(60)77)56-73-43(27(4)92-56)52(84)72-45(46(78)29-8-6-5-7-9-29)58-69-38(22-90-58)50(82)64-33(48(80)71-42)16-28-10-12-30(75)13-11-28/h5-15,19-24,33-34,40,42,45-46,51,65,74-76,78,83H,2-3,16-18H2,1,4H3,(H2,60,77)(H,61,81)(H,62,79)(H,64,82)(H,71,80)(H,72,84)(H,85,86). The van der Waals surface area contributed by atoms with E-state index in [1.807, 2.05) is 5.32 Å². The molecule has 0 fully saturated rings. The highest BCUT2D eigenvalue weighted by Gasteiger charge is 2.36. The number of fused-ring (bicyclic) bond motifs is 14. The van der Waals surface area contributed by atoms with Crippen molar-refractivity contribution in [2.75, 3.05) is 6.61 Å². The Labute approximate surface area is 545 Å². The van der Waals surface area contributed by atoms with Gasteiger partial charge in [-0.25, -0.2) is 39.7 Å². The van der Waals surface area contributed by atoms with Gasteiger partial charge in [-0.2, -0.15) is 0 Å². The van der Waals surface area contributed by atoms with Crippen LogP contribution in [-0.4, -0.2) is 126 Å². The molecule has 474 valence electrons. The number of pyridine rings is 1. The Balaban J connectivity index is 1.06. The quantitative estimate of drug-likeness (QED) is 0.0574. The number of nitrogens with one attached hydrogen (secondary N) is 6. The Morgan fingerprint density at radius 2 is 1.35 bits per heavy atom. The third-order valence-electron chi connectivity index (χ3n) is 14.2. The van der Waals surface area contributed by atoms with Crippen LogP contribution in [0.5, 0.6) is 5.75 Å². The molecule has 27 nitrogen and oxygen atoms in total. The topological polar surface area (TPSA) is 429 Å². The van der Waals surface area contributed by atoms with Crippen LogP contribution >= 0.6 is 68.0 Å². The molecular formula is C59H54N14O13S6. The zero-order chi connectivity index (χ0) is 65.7. The number of rotatable bonds is 15. The number of phenolic OH excluding ortho intramolecular Hbond substituents is 1. The Kier molecular flexibility index (Phi) is 20.3. The second-order valence-corrected chi connectivity index (χ2v) is 26.2. The van der Waals surface area contributed by atoms with Crippen molar-refractivity contribution in [3.05, 3.63) is 172 Å². The Morgan fingerprint density at radius 3 is 2.07 bits per heavy atom. The Morgan fingerprint density at radius 1 is 0.674 bits per heavy atom. The van der Waals surface area contributed by atoms with Crippen LogP contribution in [0.25, 0.3) is 43.4 Å². The van der Waals surface area contributed by atoms with Gasteiger partial charge in [-0.1, -0.05) is 62.5 Å². The number of nitrogens with zero attached hydrogens (tertiary/aromatic N) is 7. The molecule has 6 amide bonds. The van der Waals surface area contributed by atoms with Crippen molar-refractivity contribution in [1.29, 1.82) is 0 Å². The number of benzene rings is 2. The van der Waals surface area contributed by atoms with E-state index >= 15 is 0 Å². The number of carboxylic acid groups (broad SMARTS) is 1. The first kappa shape index (κ1) is 65.7. The highest BCUT2D eigenvalue weighted by atomic mass is 32.1. The third kappa shape index (κ3) is 15.0. The molecule has 1 aliphatic heterocycles. The van der Waals surface area contributed by atoms with Crippen molar-refractivity contribution in [1.82, 2.24) is 66.8 Å². The zero-order valence-electron chi connectivity index (χ0n) is 48.1. The van der Waals surface area contributed by atoms with Gasteiger partial charge in [-0.15, -0.1) is 68.0 Å². The van der Waals surface area contributed by atoms with Gasteiger partial charge >= 0.3 is 5.97 Å². The van der Waals surface area contributed by atoms with Gasteiger partial charge in [0.2, 0.25) is 11.8 Å². The van der Waals surface area contributed by atoms with Crippen LogP contribution in [0.3, 0.4) is 0 Å². The predicted octanol–water partition coefficient (Wildman–Crippen LogP) is 5.36.